The molecular weight excluding hydrogens is 285 g/mol. The fourth-order valence-corrected chi connectivity index (χ4v) is 3.89. The zero-order chi connectivity index (χ0) is 14.8. The number of rotatable bonds is 4. The zero-order valence-corrected chi connectivity index (χ0v) is 11.9. The van der Waals surface area contributed by atoms with Gasteiger partial charge < -0.3 is 4.74 Å². The van der Waals surface area contributed by atoms with Gasteiger partial charge >= 0.3 is 5.97 Å². The van der Waals surface area contributed by atoms with Crippen LogP contribution in [0, 0.1) is 5.82 Å². The van der Waals surface area contributed by atoms with E-state index < -0.39 is 27.9 Å². The predicted octanol–water partition coefficient (Wildman–Crippen LogP) is 1.54. The van der Waals surface area contributed by atoms with Crippen LogP contribution in [0.3, 0.4) is 0 Å². The maximum Gasteiger partial charge on any atom is 0.324 e. The average Bonchev–Trinajstić information content (AvgIpc) is 2.89. The van der Waals surface area contributed by atoms with Crippen LogP contribution in [0.15, 0.2) is 29.2 Å². The number of sulfonamides is 1. The van der Waals surface area contributed by atoms with Crippen LogP contribution in [0.5, 0.6) is 0 Å². The zero-order valence-electron chi connectivity index (χ0n) is 11.1. The Morgan fingerprint density at radius 3 is 2.65 bits per heavy atom. The van der Waals surface area contributed by atoms with Crippen molar-refractivity contribution in [3.63, 3.8) is 0 Å². The maximum absolute atomic E-state index is 12.9. The lowest BCUT2D eigenvalue weighted by molar-refractivity contribution is -0.146. The number of hydrogen-bond acceptors (Lipinski definition) is 4. The lowest BCUT2D eigenvalue weighted by Gasteiger charge is -2.22. The largest absolute Gasteiger partial charge is 0.465 e. The van der Waals surface area contributed by atoms with Gasteiger partial charge in [-0.05, 0) is 44.0 Å². The minimum absolute atomic E-state index is 0.0184. The lowest BCUT2D eigenvalue weighted by atomic mass is 10.2. The number of hydrogen-bond donors (Lipinski definition) is 0. The molecule has 1 fully saturated rings. The summed E-state index contributed by atoms with van der Waals surface area (Å²) in [5.74, 6) is -1.04. The first kappa shape index (κ1) is 14.9. The molecule has 5 nitrogen and oxygen atoms in total. The number of halogens is 1. The molecule has 0 bridgehead atoms. The highest BCUT2D eigenvalue weighted by Gasteiger charge is 2.40. The first-order valence-electron chi connectivity index (χ1n) is 6.41. The first-order chi connectivity index (χ1) is 9.46. The SMILES string of the molecule is CCOC(=O)[C@@H]1CCCN1S(=O)(=O)c1ccc(F)cc1. The standard InChI is InChI=1S/C13H16FNO4S/c1-2-19-13(16)12-4-3-9-15(12)20(17,18)11-7-5-10(14)6-8-11/h5-8,12H,2-4,9H2,1H3/t12-/m0/s1. The van der Waals surface area contributed by atoms with E-state index in [9.17, 15) is 17.6 Å². The lowest BCUT2D eigenvalue weighted by Crippen LogP contribution is -2.41. The second-order valence-electron chi connectivity index (χ2n) is 4.48. The van der Waals surface area contributed by atoms with Gasteiger partial charge in [-0.25, -0.2) is 12.8 Å². The third-order valence-corrected chi connectivity index (χ3v) is 5.10. The Labute approximate surface area is 117 Å². The molecule has 110 valence electrons. The number of esters is 1. The van der Waals surface area contributed by atoms with Crippen molar-refractivity contribution in [3.8, 4) is 0 Å². The van der Waals surface area contributed by atoms with Crippen LogP contribution in [-0.2, 0) is 19.6 Å². The Bertz CT molecular complexity index is 585. The van der Waals surface area contributed by atoms with Crippen molar-refractivity contribution in [2.45, 2.75) is 30.7 Å². The second kappa shape index (κ2) is 5.88. The Balaban J connectivity index is 2.28. The molecule has 0 radical (unpaired) electrons. The monoisotopic (exact) mass is 301 g/mol. The van der Waals surface area contributed by atoms with Crippen molar-refractivity contribution in [1.82, 2.24) is 4.31 Å². The summed E-state index contributed by atoms with van der Waals surface area (Å²) in [5.41, 5.74) is 0. The van der Waals surface area contributed by atoms with E-state index in [4.69, 9.17) is 4.74 Å². The summed E-state index contributed by atoms with van der Waals surface area (Å²) in [5, 5.41) is 0. The van der Waals surface area contributed by atoms with E-state index in [0.29, 0.717) is 12.8 Å². The third kappa shape index (κ3) is 2.83. The summed E-state index contributed by atoms with van der Waals surface area (Å²) < 4.78 is 43.8. The second-order valence-corrected chi connectivity index (χ2v) is 6.37. The molecule has 0 saturated carbocycles. The van der Waals surface area contributed by atoms with E-state index >= 15 is 0 Å². The molecular formula is C13H16FNO4S. The fraction of sp³-hybridized carbons (Fsp3) is 0.462. The molecule has 7 heteroatoms. The number of nitrogens with zero attached hydrogens (tertiary/aromatic N) is 1. The smallest absolute Gasteiger partial charge is 0.324 e. The highest BCUT2D eigenvalue weighted by molar-refractivity contribution is 7.89. The van der Waals surface area contributed by atoms with Crippen LogP contribution >= 0.6 is 0 Å². The maximum atomic E-state index is 12.9. The molecule has 0 aliphatic carbocycles. The van der Waals surface area contributed by atoms with Crippen LogP contribution < -0.4 is 0 Å². The van der Waals surface area contributed by atoms with Crippen LogP contribution in [-0.4, -0.2) is 37.9 Å². The average molecular weight is 301 g/mol. The normalized spacial score (nSPS) is 20.0. The molecule has 0 unspecified atom stereocenters. The molecule has 0 aromatic heterocycles. The highest BCUT2D eigenvalue weighted by atomic mass is 32.2. The van der Waals surface area contributed by atoms with Crippen molar-refractivity contribution in [1.29, 1.82) is 0 Å². The third-order valence-electron chi connectivity index (χ3n) is 3.18. The summed E-state index contributed by atoms with van der Waals surface area (Å²) >= 11 is 0. The first-order valence-corrected chi connectivity index (χ1v) is 7.85. The van der Waals surface area contributed by atoms with Crippen molar-refractivity contribution in [2.24, 2.45) is 0 Å². The van der Waals surface area contributed by atoms with E-state index in [-0.39, 0.29) is 18.0 Å². The molecule has 2 rings (SSSR count). The van der Waals surface area contributed by atoms with Gasteiger partial charge in [0.15, 0.2) is 0 Å². The molecule has 0 N–H and O–H groups in total. The Morgan fingerprint density at radius 1 is 1.40 bits per heavy atom. The van der Waals surface area contributed by atoms with Crippen LogP contribution in [0.2, 0.25) is 0 Å². The quantitative estimate of drug-likeness (QED) is 0.791. The molecule has 0 spiro atoms. The van der Waals surface area contributed by atoms with E-state index in [0.717, 1.165) is 16.4 Å². The van der Waals surface area contributed by atoms with Gasteiger partial charge in [-0.2, -0.15) is 4.31 Å². The van der Waals surface area contributed by atoms with E-state index in [1.165, 1.54) is 12.1 Å². The van der Waals surface area contributed by atoms with Gasteiger partial charge in [0.1, 0.15) is 11.9 Å². The van der Waals surface area contributed by atoms with Gasteiger partial charge in [-0.15, -0.1) is 0 Å². The minimum Gasteiger partial charge on any atom is -0.465 e. The van der Waals surface area contributed by atoms with Gasteiger partial charge in [0.25, 0.3) is 0 Å². The number of carbonyl (C=O) groups is 1. The molecule has 1 aliphatic rings. The molecule has 1 aliphatic heterocycles. The summed E-state index contributed by atoms with van der Waals surface area (Å²) in [4.78, 5) is 11.8. The Kier molecular flexibility index (Phi) is 4.39. The summed E-state index contributed by atoms with van der Waals surface area (Å²) in [6.45, 7) is 2.15. The Morgan fingerprint density at radius 2 is 2.05 bits per heavy atom. The van der Waals surface area contributed by atoms with Crippen LogP contribution in [0.4, 0.5) is 4.39 Å². The van der Waals surface area contributed by atoms with Crippen molar-refractivity contribution in [2.75, 3.05) is 13.2 Å². The van der Waals surface area contributed by atoms with Gasteiger partial charge in [-0.3, -0.25) is 4.79 Å². The van der Waals surface area contributed by atoms with Crippen LogP contribution in [0.25, 0.3) is 0 Å². The van der Waals surface area contributed by atoms with Crippen LogP contribution in [0.1, 0.15) is 19.8 Å². The summed E-state index contributed by atoms with van der Waals surface area (Å²) in [6, 6.07) is 3.78. The fourth-order valence-electron chi connectivity index (χ4n) is 2.24. The number of ether oxygens (including phenoxy) is 1. The Hall–Kier alpha value is -1.47. The van der Waals surface area contributed by atoms with Gasteiger partial charge in [0.05, 0.1) is 11.5 Å². The van der Waals surface area contributed by atoms with Gasteiger partial charge in [0.2, 0.25) is 10.0 Å². The summed E-state index contributed by atoms with van der Waals surface area (Å²) in [6.07, 6.45) is 1.04. The molecule has 1 atom stereocenters. The number of benzene rings is 1. The topological polar surface area (TPSA) is 63.7 Å². The molecule has 1 saturated heterocycles. The molecule has 0 amide bonds. The van der Waals surface area contributed by atoms with E-state index in [2.05, 4.69) is 0 Å². The minimum atomic E-state index is -3.80. The van der Waals surface area contributed by atoms with Crippen molar-refractivity contribution in [3.05, 3.63) is 30.1 Å². The van der Waals surface area contributed by atoms with E-state index in [1.807, 2.05) is 0 Å². The molecule has 1 heterocycles. The summed E-state index contributed by atoms with van der Waals surface area (Å²) in [7, 11) is -3.80. The van der Waals surface area contributed by atoms with E-state index in [1.54, 1.807) is 6.92 Å². The molecule has 20 heavy (non-hydrogen) atoms. The van der Waals surface area contributed by atoms with Gasteiger partial charge in [-0.1, -0.05) is 0 Å². The highest BCUT2D eigenvalue weighted by Crippen LogP contribution is 2.26. The predicted molar refractivity (Wildman–Crippen MR) is 69.9 cm³/mol. The molecule has 1 aromatic carbocycles. The molecule has 1 aromatic rings. The van der Waals surface area contributed by atoms with Crippen molar-refractivity contribution < 1.29 is 22.3 Å². The van der Waals surface area contributed by atoms with Gasteiger partial charge in [0, 0.05) is 6.54 Å². The number of carbonyl (C=O) groups excluding carboxylic acids is 1. The van der Waals surface area contributed by atoms with Crippen molar-refractivity contribution >= 4 is 16.0 Å².